The number of nitriles is 1. The molecule has 0 heterocycles. The number of para-hydroxylation sites is 1. The zero-order chi connectivity index (χ0) is 12.3. The Morgan fingerprint density at radius 3 is 2.59 bits per heavy atom. The van der Waals surface area contributed by atoms with Crippen LogP contribution in [0.4, 0.5) is 5.69 Å². The fourth-order valence-electron chi connectivity index (χ4n) is 1.38. The Labute approximate surface area is 109 Å². The van der Waals surface area contributed by atoms with Crippen LogP contribution in [0.2, 0.25) is 5.02 Å². The van der Waals surface area contributed by atoms with E-state index in [1.807, 2.05) is 24.3 Å². The third-order valence-corrected chi connectivity index (χ3v) is 3.88. The van der Waals surface area contributed by atoms with Gasteiger partial charge in [0.2, 0.25) is 0 Å². The van der Waals surface area contributed by atoms with Crippen LogP contribution in [0.3, 0.4) is 0 Å². The second-order valence-electron chi connectivity index (χ2n) is 3.37. The average molecular weight is 261 g/mol. The average Bonchev–Trinajstić information content (AvgIpc) is 2.34. The maximum absolute atomic E-state index is 9.04. The molecular weight excluding hydrogens is 252 g/mol. The summed E-state index contributed by atoms with van der Waals surface area (Å²) < 4.78 is 0. The number of hydrogen-bond donors (Lipinski definition) is 1. The van der Waals surface area contributed by atoms with Gasteiger partial charge >= 0.3 is 0 Å². The Balaban J connectivity index is 2.44. The van der Waals surface area contributed by atoms with Crippen molar-refractivity contribution >= 4 is 29.1 Å². The second-order valence-corrected chi connectivity index (χ2v) is 4.83. The third-order valence-electron chi connectivity index (χ3n) is 2.22. The van der Waals surface area contributed by atoms with Crippen molar-refractivity contribution in [3.05, 3.63) is 53.1 Å². The van der Waals surface area contributed by atoms with Gasteiger partial charge in [0.15, 0.2) is 0 Å². The summed E-state index contributed by atoms with van der Waals surface area (Å²) in [5.74, 6) is 0. The number of halogens is 1. The van der Waals surface area contributed by atoms with Gasteiger partial charge in [-0.15, -0.1) is 0 Å². The smallest absolute Gasteiger partial charge is 0.100 e. The van der Waals surface area contributed by atoms with Gasteiger partial charge in [-0.2, -0.15) is 5.26 Å². The van der Waals surface area contributed by atoms with Crippen LogP contribution in [0.25, 0.3) is 0 Å². The van der Waals surface area contributed by atoms with E-state index in [0.717, 1.165) is 9.79 Å². The standard InChI is InChI=1S/C13H9ClN2S/c14-10-5-3-4-9(8-15)13(10)17-12-7-2-1-6-11(12)16/h1-7H,16H2. The molecule has 17 heavy (non-hydrogen) atoms. The van der Waals surface area contributed by atoms with Crippen LogP contribution in [0.5, 0.6) is 0 Å². The molecule has 2 rings (SSSR count). The van der Waals surface area contributed by atoms with Crippen LogP contribution in [0.15, 0.2) is 52.3 Å². The highest BCUT2D eigenvalue weighted by atomic mass is 35.5. The molecule has 0 unspecified atom stereocenters. The van der Waals surface area contributed by atoms with E-state index >= 15 is 0 Å². The van der Waals surface area contributed by atoms with E-state index in [4.69, 9.17) is 22.6 Å². The van der Waals surface area contributed by atoms with Crippen LogP contribution >= 0.6 is 23.4 Å². The summed E-state index contributed by atoms with van der Waals surface area (Å²) in [6, 6.07) is 14.9. The number of nitrogens with two attached hydrogens (primary N) is 1. The molecule has 0 saturated carbocycles. The molecule has 0 amide bonds. The lowest BCUT2D eigenvalue weighted by Gasteiger charge is -2.08. The topological polar surface area (TPSA) is 49.8 Å². The maximum Gasteiger partial charge on any atom is 0.100 e. The fraction of sp³-hybridized carbons (Fsp3) is 0. The molecule has 0 radical (unpaired) electrons. The van der Waals surface area contributed by atoms with Crippen molar-refractivity contribution in [1.29, 1.82) is 5.26 Å². The Bertz CT molecular complexity index is 590. The summed E-state index contributed by atoms with van der Waals surface area (Å²) >= 11 is 7.51. The van der Waals surface area contributed by atoms with Crippen molar-refractivity contribution in [2.45, 2.75) is 9.79 Å². The van der Waals surface area contributed by atoms with Gasteiger partial charge < -0.3 is 5.73 Å². The first kappa shape index (κ1) is 11.8. The summed E-state index contributed by atoms with van der Waals surface area (Å²) in [6.45, 7) is 0. The monoisotopic (exact) mass is 260 g/mol. The maximum atomic E-state index is 9.04. The lowest BCUT2D eigenvalue weighted by molar-refractivity contribution is 1.35. The van der Waals surface area contributed by atoms with Gasteiger partial charge in [0, 0.05) is 15.5 Å². The molecule has 84 valence electrons. The molecule has 2 aromatic carbocycles. The molecule has 0 aromatic heterocycles. The molecule has 0 saturated heterocycles. The minimum atomic E-state index is 0.561. The van der Waals surface area contributed by atoms with Gasteiger partial charge in [-0.3, -0.25) is 0 Å². The summed E-state index contributed by atoms with van der Waals surface area (Å²) in [4.78, 5) is 1.65. The summed E-state index contributed by atoms with van der Waals surface area (Å²) in [6.07, 6.45) is 0. The first-order valence-electron chi connectivity index (χ1n) is 4.93. The molecule has 0 fully saturated rings. The lowest BCUT2D eigenvalue weighted by Crippen LogP contribution is -1.89. The van der Waals surface area contributed by atoms with Gasteiger partial charge in [-0.05, 0) is 24.3 Å². The summed E-state index contributed by atoms with van der Waals surface area (Å²) in [5.41, 5.74) is 7.11. The number of nitrogen functional groups attached to an aromatic ring is 1. The molecule has 2 N–H and O–H groups in total. The molecule has 0 aliphatic heterocycles. The lowest BCUT2D eigenvalue weighted by atomic mass is 10.2. The van der Waals surface area contributed by atoms with E-state index in [2.05, 4.69) is 6.07 Å². The van der Waals surface area contributed by atoms with E-state index < -0.39 is 0 Å². The number of rotatable bonds is 2. The Morgan fingerprint density at radius 2 is 1.88 bits per heavy atom. The fourth-order valence-corrected chi connectivity index (χ4v) is 2.62. The zero-order valence-electron chi connectivity index (χ0n) is 8.85. The zero-order valence-corrected chi connectivity index (χ0v) is 10.4. The third kappa shape index (κ3) is 2.55. The molecule has 2 nitrogen and oxygen atoms in total. The van der Waals surface area contributed by atoms with Crippen molar-refractivity contribution < 1.29 is 0 Å². The van der Waals surface area contributed by atoms with Gasteiger partial charge in [-0.25, -0.2) is 0 Å². The Kier molecular flexibility index (Phi) is 3.58. The number of hydrogen-bond acceptors (Lipinski definition) is 3. The van der Waals surface area contributed by atoms with E-state index in [1.165, 1.54) is 11.8 Å². The van der Waals surface area contributed by atoms with Gasteiger partial charge in [0.25, 0.3) is 0 Å². The molecule has 2 aromatic rings. The van der Waals surface area contributed by atoms with E-state index in [9.17, 15) is 0 Å². The van der Waals surface area contributed by atoms with E-state index in [-0.39, 0.29) is 0 Å². The largest absolute Gasteiger partial charge is 0.398 e. The summed E-state index contributed by atoms with van der Waals surface area (Å²) in [5, 5.41) is 9.60. The first-order chi connectivity index (χ1) is 8.22. The highest BCUT2D eigenvalue weighted by molar-refractivity contribution is 7.99. The van der Waals surface area contributed by atoms with Crippen molar-refractivity contribution in [1.82, 2.24) is 0 Å². The van der Waals surface area contributed by atoms with Gasteiger partial charge in [0.05, 0.1) is 10.6 Å². The predicted molar refractivity (Wildman–Crippen MR) is 71.1 cm³/mol. The van der Waals surface area contributed by atoms with Crippen LogP contribution in [-0.2, 0) is 0 Å². The minimum Gasteiger partial charge on any atom is -0.398 e. The molecule has 4 heteroatoms. The van der Waals surface area contributed by atoms with Crippen molar-refractivity contribution in [2.75, 3.05) is 5.73 Å². The van der Waals surface area contributed by atoms with Crippen molar-refractivity contribution in [2.24, 2.45) is 0 Å². The minimum absolute atomic E-state index is 0.561. The Hall–Kier alpha value is -1.63. The highest BCUT2D eigenvalue weighted by Gasteiger charge is 2.09. The van der Waals surface area contributed by atoms with Crippen LogP contribution in [-0.4, -0.2) is 0 Å². The number of nitrogens with zero attached hydrogens (tertiary/aromatic N) is 1. The molecule has 0 aliphatic rings. The highest BCUT2D eigenvalue weighted by Crippen LogP contribution is 2.38. The second kappa shape index (κ2) is 5.13. The normalized spacial score (nSPS) is 9.88. The van der Waals surface area contributed by atoms with Crippen molar-refractivity contribution in [3.63, 3.8) is 0 Å². The molecule has 0 atom stereocenters. The first-order valence-corrected chi connectivity index (χ1v) is 6.13. The number of benzene rings is 2. The molecular formula is C13H9ClN2S. The van der Waals surface area contributed by atoms with Gasteiger partial charge in [0.1, 0.15) is 6.07 Å². The van der Waals surface area contributed by atoms with Crippen molar-refractivity contribution in [3.8, 4) is 6.07 Å². The predicted octanol–water partition coefficient (Wildman–Crippen LogP) is 3.95. The van der Waals surface area contributed by atoms with Crippen LogP contribution in [0.1, 0.15) is 5.56 Å². The molecule has 0 spiro atoms. The SMILES string of the molecule is N#Cc1cccc(Cl)c1Sc1ccccc1N. The quantitative estimate of drug-likeness (QED) is 0.832. The molecule has 0 aliphatic carbocycles. The number of anilines is 1. The van der Waals surface area contributed by atoms with E-state index in [0.29, 0.717) is 16.3 Å². The summed E-state index contributed by atoms with van der Waals surface area (Å²) in [7, 11) is 0. The van der Waals surface area contributed by atoms with Crippen LogP contribution < -0.4 is 5.73 Å². The van der Waals surface area contributed by atoms with Gasteiger partial charge in [-0.1, -0.05) is 41.6 Å². The van der Waals surface area contributed by atoms with E-state index in [1.54, 1.807) is 18.2 Å². The Morgan fingerprint density at radius 1 is 1.12 bits per heavy atom. The molecule has 0 bridgehead atoms. The van der Waals surface area contributed by atoms with Crippen LogP contribution in [0, 0.1) is 11.3 Å².